The van der Waals surface area contributed by atoms with Crippen LogP contribution in [0.2, 0.25) is 0 Å². The molecule has 3 fully saturated rings. The van der Waals surface area contributed by atoms with Crippen LogP contribution in [0.1, 0.15) is 32.1 Å². The summed E-state index contributed by atoms with van der Waals surface area (Å²) in [7, 11) is 1.39. The molecule has 3 heterocycles. The molecule has 2 bridgehead atoms. The summed E-state index contributed by atoms with van der Waals surface area (Å²) in [6, 6.07) is 0.999. The molecule has 8 nitrogen and oxygen atoms in total. The van der Waals surface area contributed by atoms with E-state index in [1.807, 2.05) is 0 Å². The fraction of sp³-hybridized carbons (Fsp3) is 0.476. The zero-order valence-corrected chi connectivity index (χ0v) is 16.9. The number of hydrogen-bond donors (Lipinski definition) is 2. The molecule has 31 heavy (non-hydrogen) atoms. The van der Waals surface area contributed by atoms with Gasteiger partial charge in [0.05, 0.1) is 30.8 Å². The highest BCUT2D eigenvalue weighted by Gasteiger charge is 2.46. The molecule has 0 spiro atoms. The summed E-state index contributed by atoms with van der Waals surface area (Å²) in [6.45, 7) is 0. The van der Waals surface area contributed by atoms with Gasteiger partial charge in [0.15, 0.2) is 23.1 Å². The zero-order chi connectivity index (χ0) is 21.5. The Balaban J connectivity index is 1.52. The van der Waals surface area contributed by atoms with Crippen LogP contribution in [0, 0.1) is 29.4 Å². The maximum Gasteiger partial charge on any atom is 0.311 e. The van der Waals surface area contributed by atoms with Gasteiger partial charge in [-0.2, -0.15) is 5.10 Å². The lowest BCUT2D eigenvalue weighted by atomic mass is 9.71. The van der Waals surface area contributed by atoms with E-state index in [1.54, 1.807) is 0 Å². The fourth-order valence-electron chi connectivity index (χ4n) is 5.14. The highest BCUT2D eigenvalue weighted by Crippen LogP contribution is 2.44. The first-order chi connectivity index (χ1) is 15.0. The third kappa shape index (κ3) is 3.49. The van der Waals surface area contributed by atoms with Crippen molar-refractivity contribution in [2.24, 2.45) is 17.8 Å². The average molecular weight is 428 g/mol. The van der Waals surface area contributed by atoms with Gasteiger partial charge in [-0.25, -0.2) is 23.7 Å². The van der Waals surface area contributed by atoms with Gasteiger partial charge in [0.1, 0.15) is 11.5 Å². The number of esters is 1. The van der Waals surface area contributed by atoms with Crippen LogP contribution in [-0.2, 0) is 9.53 Å². The molecule has 3 aromatic rings. The number of pyridine rings is 1. The van der Waals surface area contributed by atoms with Crippen molar-refractivity contribution in [1.82, 2.24) is 25.1 Å². The van der Waals surface area contributed by atoms with Gasteiger partial charge in [0, 0.05) is 6.04 Å². The van der Waals surface area contributed by atoms with Crippen LogP contribution in [0.25, 0.3) is 22.6 Å². The van der Waals surface area contributed by atoms with E-state index in [0.717, 1.165) is 44.5 Å². The van der Waals surface area contributed by atoms with E-state index in [9.17, 15) is 13.6 Å². The number of methoxy groups -OCH3 is 1. The molecular formula is C21H22F2N6O2. The van der Waals surface area contributed by atoms with Crippen molar-refractivity contribution in [3.8, 4) is 11.5 Å². The van der Waals surface area contributed by atoms with Gasteiger partial charge in [0.2, 0.25) is 0 Å². The van der Waals surface area contributed by atoms with Crippen molar-refractivity contribution in [3.63, 3.8) is 0 Å². The summed E-state index contributed by atoms with van der Waals surface area (Å²) in [5.74, 6) is -1.21. The first-order valence-electron chi connectivity index (χ1n) is 10.4. The second kappa shape index (κ2) is 7.82. The molecule has 162 valence electrons. The number of rotatable bonds is 4. The number of carbonyl (C=O) groups excluding carboxylic acids is 1. The number of anilines is 1. The number of carbonyl (C=O) groups is 1. The lowest BCUT2D eigenvalue weighted by molar-refractivity contribution is -0.149. The molecule has 10 heteroatoms. The molecule has 0 radical (unpaired) electrons. The van der Waals surface area contributed by atoms with Crippen molar-refractivity contribution in [3.05, 3.63) is 30.1 Å². The van der Waals surface area contributed by atoms with E-state index in [-0.39, 0.29) is 47.1 Å². The highest BCUT2D eigenvalue weighted by molar-refractivity contribution is 5.88. The van der Waals surface area contributed by atoms with E-state index < -0.39 is 11.6 Å². The second-order valence-electron chi connectivity index (χ2n) is 8.26. The Morgan fingerprint density at radius 1 is 1.16 bits per heavy atom. The van der Waals surface area contributed by atoms with E-state index >= 15 is 0 Å². The maximum atomic E-state index is 14.7. The van der Waals surface area contributed by atoms with E-state index in [4.69, 9.17) is 4.74 Å². The van der Waals surface area contributed by atoms with Crippen LogP contribution in [0.4, 0.5) is 14.6 Å². The summed E-state index contributed by atoms with van der Waals surface area (Å²) in [5.41, 5.74) is 0.655. The van der Waals surface area contributed by atoms with E-state index in [2.05, 4.69) is 30.5 Å². The smallest absolute Gasteiger partial charge is 0.311 e. The molecule has 0 amide bonds. The van der Waals surface area contributed by atoms with Gasteiger partial charge in [-0.15, -0.1) is 0 Å². The molecule has 3 aliphatic rings. The van der Waals surface area contributed by atoms with Crippen LogP contribution in [0.5, 0.6) is 0 Å². The summed E-state index contributed by atoms with van der Waals surface area (Å²) < 4.78 is 33.4. The number of ether oxygens (including phenoxy) is 1. The largest absolute Gasteiger partial charge is 0.469 e. The Labute approximate surface area is 176 Å². The zero-order valence-electron chi connectivity index (χ0n) is 16.9. The molecule has 2 N–H and O–H groups in total. The minimum atomic E-state index is -0.628. The molecule has 0 aliphatic heterocycles. The molecule has 3 saturated carbocycles. The average Bonchev–Trinajstić information content (AvgIpc) is 2.94. The van der Waals surface area contributed by atoms with Crippen LogP contribution in [0.15, 0.2) is 18.5 Å². The Kier molecular flexibility index (Phi) is 4.99. The Morgan fingerprint density at radius 3 is 2.81 bits per heavy atom. The molecule has 0 aromatic carbocycles. The molecule has 0 saturated heterocycles. The molecule has 3 aromatic heterocycles. The van der Waals surface area contributed by atoms with Gasteiger partial charge in [-0.1, -0.05) is 6.42 Å². The van der Waals surface area contributed by atoms with Gasteiger partial charge in [-0.05, 0) is 43.6 Å². The minimum Gasteiger partial charge on any atom is -0.469 e. The summed E-state index contributed by atoms with van der Waals surface area (Å²) in [4.78, 5) is 24.9. The molecule has 3 unspecified atom stereocenters. The van der Waals surface area contributed by atoms with Gasteiger partial charge in [0.25, 0.3) is 0 Å². The normalized spacial score (nSPS) is 25.4. The molecule has 4 atom stereocenters. The first kappa shape index (κ1) is 19.8. The number of nitrogens with one attached hydrogen (secondary N) is 2. The number of aromatic amines is 1. The summed E-state index contributed by atoms with van der Waals surface area (Å²) in [6.07, 6.45) is 7.05. The number of halogens is 2. The quantitative estimate of drug-likeness (QED) is 0.613. The predicted octanol–water partition coefficient (Wildman–Crippen LogP) is 3.47. The van der Waals surface area contributed by atoms with Crippen molar-refractivity contribution >= 4 is 22.8 Å². The van der Waals surface area contributed by atoms with E-state index in [0.29, 0.717) is 11.0 Å². The molecule has 6 rings (SSSR count). The number of nitrogens with zero attached hydrogens (tertiary/aromatic N) is 4. The minimum absolute atomic E-state index is 0.00281. The SMILES string of the molecule is COC(=O)[C@H]1C2CCCC(CC2)C1Nc1nc(-c2n[nH]c3ncc(F)cc23)ncc1F. The Hall–Kier alpha value is -3.17. The first-order valence-corrected chi connectivity index (χ1v) is 10.4. The Morgan fingerprint density at radius 2 is 1.97 bits per heavy atom. The van der Waals surface area contributed by atoms with Crippen molar-refractivity contribution in [2.75, 3.05) is 12.4 Å². The third-order valence-corrected chi connectivity index (χ3v) is 6.58. The Bertz CT molecular complexity index is 1130. The molecular weight excluding hydrogens is 406 g/mol. The number of fused-ring (bicyclic) bond motifs is 5. The maximum absolute atomic E-state index is 14.7. The highest BCUT2D eigenvalue weighted by atomic mass is 19.1. The number of aromatic nitrogens is 5. The second-order valence-corrected chi connectivity index (χ2v) is 8.26. The van der Waals surface area contributed by atoms with Crippen LogP contribution in [-0.4, -0.2) is 44.3 Å². The topological polar surface area (TPSA) is 106 Å². The fourth-order valence-corrected chi connectivity index (χ4v) is 5.14. The molecule has 3 aliphatic carbocycles. The van der Waals surface area contributed by atoms with Crippen LogP contribution in [0.3, 0.4) is 0 Å². The predicted molar refractivity (Wildman–Crippen MR) is 108 cm³/mol. The van der Waals surface area contributed by atoms with Crippen molar-refractivity contribution < 1.29 is 18.3 Å². The van der Waals surface area contributed by atoms with Gasteiger partial charge >= 0.3 is 5.97 Å². The monoisotopic (exact) mass is 428 g/mol. The number of hydrogen-bond acceptors (Lipinski definition) is 7. The third-order valence-electron chi connectivity index (χ3n) is 6.58. The van der Waals surface area contributed by atoms with Crippen molar-refractivity contribution in [1.29, 1.82) is 0 Å². The van der Waals surface area contributed by atoms with Gasteiger partial charge < -0.3 is 10.1 Å². The van der Waals surface area contributed by atoms with E-state index in [1.165, 1.54) is 13.2 Å². The summed E-state index contributed by atoms with van der Waals surface area (Å²) >= 11 is 0. The van der Waals surface area contributed by atoms with Crippen LogP contribution >= 0.6 is 0 Å². The van der Waals surface area contributed by atoms with Crippen molar-refractivity contribution in [2.45, 2.75) is 38.1 Å². The lowest BCUT2D eigenvalue weighted by Gasteiger charge is -2.39. The summed E-state index contributed by atoms with van der Waals surface area (Å²) in [5, 5.41) is 10.4. The lowest BCUT2D eigenvalue weighted by Crippen LogP contribution is -2.47. The van der Waals surface area contributed by atoms with Gasteiger partial charge in [-0.3, -0.25) is 9.89 Å². The number of H-pyrrole nitrogens is 1. The van der Waals surface area contributed by atoms with Crippen LogP contribution < -0.4 is 5.32 Å². The standard InChI is InChI=1S/C21H22F2N6O2/c1-31-21(30)15-10-3-2-4-11(6-5-10)16(15)26-19-14(23)9-25-20(27-19)17-13-7-12(22)8-24-18(13)29-28-17/h7-11,15-16H,2-6H2,1H3,(H,24,28,29)(H,25,26,27)/t10?,11?,15-,16?/m0/s1.